The first-order valence-electron chi connectivity index (χ1n) is 16.1. The van der Waals surface area contributed by atoms with Crippen molar-refractivity contribution in [1.29, 1.82) is 0 Å². The molecule has 0 aliphatic carbocycles. The Morgan fingerprint density at radius 3 is 1.57 bits per heavy atom. The van der Waals surface area contributed by atoms with Crippen molar-refractivity contribution in [3.05, 3.63) is 0 Å². The Labute approximate surface area is 289 Å². The first-order valence-corrected chi connectivity index (χ1v) is 16.1. The van der Waals surface area contributed by atoms with Gasteiger partial charge in [0.2, 0.25) is 11.8 Å². The minimum atomic E-state index is -2.01. The molecule has 0 unspecified atom stereocenters. The van der Waals surface area contributed by atoms with Crippen molar-refractivity contribution < 1.29 is 104 Å². The predicted molar refractivity (Wildman–Crippen MR) is 157 cm³/mol. The normalized spacial score (nSPS) is 47.8. The van der Waals surface area contributed by atoms with E-state index in [1.807, 2.05) is 0 Å². The molecule has 0 aromatic rings. The molecule has 296 valence electrons. The Bertz CT molecular complexity index is 1140. The zero-order valence-corrected chi connectivity index (χ0v) is 27.4. The van der Waals surface area contributed by atoms with E-state index in [1.54, 1.807) is 0 Å². The highest BCUT2D eigenvalue weighted by atomic mass is 16.8. The Morgan fingerprint density at radius 1 is 0.510 bits per heavy atom. The van der Waals surface area contributed by atoms with Gasteiger partial charge in [0, 0.05) is 13.8 Å². The van der Waals surface area contributed by atoms with E-state index in [2.05, 4.69) is 10.6 Å². The van der Waals surface area contributed by atoms with E-state index < -0.39 is 161 Å². The van der Waals surface area contributed by atoms with Crippen LogP contribution in [0.15, 0.2) is 0 Å². The molecule has 2 amide bonds. The van der Waals surface area contributed by atoms with E-state index in [9.17, 15) is 70.9 Å². The van der Waals surface area contributed by atoms with Crippen molar-refractivity contribution in [1.82, 2.24) is 10.6 Å². The van der Waals surface area contributed by atoms with E-state index in [1.165, 1.54) is 0 Å². The fourth-order valence-corrected chi connectivity index (χ4v) is 6.25. The van der Waals surface area contributed by atoms with Crippen LogP contribution in [0.2, 0.25) is 0 Å². The quantitative estimate of drug-likeness (QED) is 0.0881. The Balaban J connectivity index is 1.49. The maximum atomic E-state index is 12.1. The van der Waals surface area contributed by atoms with Crippen molar-refractivity contribution in [2.24, 2.45) is 0 Å². The van der Waals surface area contributed by atoms with E-state index in [0.29, 0.717) is 0 Å². The van der Waals surface area contributed by atoms with Crippen LogP contribution < -0.4 is 10.6 Å². The smallest absolute Gasteiger partial charge is 0.217 e. The van der Waals surface area contributed by atoms with Gasteiger partial charge in [0.25, 0.3) is 0 Å². The Hall–Kier alpha value is -1.82. The summed E-state index contributed by atoms with van der Waals surface area (Å²) in [5, 5.41) is 129. The third-order valence-corrected chi connectivity index (χ3v) is 8.99. The average molecular weight is 749 g/mol. The summed E-state index contributed by atoms with van der Waals surface area (Å²) in [7, 11) is 0. The summed E-state index contributed by atoms with van der Waals surface area (Å²) in [5.41, 5.74) is 0. The number of rotatable bonds is 12. The monoisotopic (exact) mass is 748 g/mol. The van der Waals surface area contributed by atoms with Gasteiger partial charge in [-0.05, 0) is 0 Å². The molecular weight excluding hydrogens is 700 g/mol. The lowest BCUT2D eigenvalue weighted by Crippen LogP contribution is -2.69. The molecule has 23 heteroatoms. The minimum absolute atomic E-state index is 0.621. The van der Waals surface area contributed by atoms with E-state index >= 15 is 0 Å². The van der Waals surface area contributed by atoms with Gasteiger partial charge in [0.1, 0.15) is 97.5 Å². The van der Waals surface area contributed by atoms with Crippen LogP contribution in [0.4, 0.5) is 0 Å². The summed E-state index contributed by atoms with van der Waals surface area (Å²) in [6.45, 7) is -1.00. The summed E-state index contributed by atoms with van der Waals surface area (Å²) in [6.07, 6.45) is -31.1. The molecule has 51 heavy (non-hydrogen) atoms. The van der Waals surface area contributed by atoms with E-state index in [-0.39, 0.29) is 0 Å². The van der Waals surface area contributed by atoms with Gasteiger partial charge in [-0.15, -0.1) is 0 Å². The minimum Gasteiger partial charge on any atom is -0.394 e. The van der Waals surface area contributed by atoms with Gasteiger partial charge in [0.15, 0.2) is 25.2 Å². The molecule has 14 N–H and O–H groups in total. The molecule has 0 saturated carbocycles. The molecule has 4 heterocycles. The highest BCUT2D eigenvalue weighted by Crippen LogP contribution is 2.33. The van der Waals surface area contributed by atoms with Gasteiger partial charge in [0.05, 0.1) is 26.4 Å². The Morgan fingerprint density at radius 2 is 1.00 bits per heavy atom. The third kappa shape index (κ3) is 9.29. The molecule has 23 nitrogen and oxygen atoms in total. The van der Waals surface area contributed by atoms with Crippen LogP contribution in [0.25, 0.3) is 0 Å². The SMILES string of the molecule is CC(=O)N[C@@H]1[C@@H](O)[C@@H](O)[C@@H](CO[C@@H]2O[C@H](CO)[C@@H](O[C@@H]3O[C@H](CO)[C@H](O)[C@H](O[C@H]4O[C@H](CO)[C@H](O)[C@H](O)[C@H]4O)[C@H]3O)[C@H](O)[C@H]2NC(C)=O)O[C@@H]1O. The Kier molecular flexibility index (Phi) is 14.8. The van der Waals surface area contributed by atoms with Gasteiger partial charge < -0.3 is 105 Å². The molecule has 0 spiro atoms. The summed E-state index contributed by atoms with van der Waals surface area (Å²) in [6, 6.07) is -2.88. The number of carbonyl (C=O) groups is 2. The number of aliphatic hydroxyl groups excluding tert-OH is 12. The first kappa shape index (κ1) is 41.9. The molecular formula is C28H48N2O21. The lowest BCUT2D eigenvalue weighted by molar-refractivity contribution is -0.376. The van der Waals surface area contributed by atoms with Crippen LogP contribution in [-0.4, -0.2) is 222 Å². The van der Waals surface area contributed by atoms with Crippen molar-refractivity contribution in [2.45, 2.75) is 137 Å². The topological polar surface area (TPSA) is 366 Å². The highest BCUT2D eigenvalue weighted by molar-refractivity contribution is 5.73. The molecule has 0 radical (unpaired) electrons. The van der Waals surface area contributed by atoms with Crippen LogP contribution in [0.1, 0.15) is 13.8 Å². The van der Waals surface area contributed by atoms with E-state index in [0.717, 1.165) is 13.8 Å². The maximum absolute atomic E-state index is 12.1. The van der Waals surface area contributed by atoms with Gasteiger partial charge in [-0.25, -0.2) is 0 Å². The van der Waals surface area contributed by atoms with Crippen LogP contribution in [0, 0.1) is 0 Å². The summed E-state index contributed by atoms with van der Waals surface area (Å²) < 4.78 is 38.8. The molecule has 4 fully saturated rings. The molecule has 20 atom stereocenters. The lowest BCUT2D eigenvalue weighted by atomic mass is 9.94. The number of carbonyl (C=O) groups excluding carboxylic acids is 2. The number of aliphatic hydroxyl groups is 12. The first-order chi connectivity index (χ1) is 24.0. The number of hydrogen-bond donors (Lipinski definition) is 14. The standard InChI is InChI=1S/C28H48N2O21/c1-7(34)29-13-18(39)16(37)12(46-25(13)44)6-45-26-14(30-8(2)35)19(40)23(11(5-33)49-26)50-28-22(43)24(17(38)10(4-32)48-28)51-27-21(42)20(41)15(36)9(3-31)47-27/h9-28,31-33,36-44H,3-6H2,1-2H3,(H,29,34)(H,30,35)/t9-,10-,11-,12-,13-,14-,15+,16+,17+,18-,19-,20+,21-,22-,23-,24+,25+,26-,27-,28+/m1/s1. The number of nitrogens with one attached hydrogen (secondary N) is 2. The van der Waals surface area contributed by atoms with Gasteiger partial charge in [-0.1, -0.05) is 0 Å². The van der Waals surface area contributed by atoms with Gasteiger partial charge >= 0.3 is 0 Å². The highest BCUT2D eigenvalue weighted by Gasteiger charge is 2.54. The van der Waals surface area contributed by atoms with Crippen molar-refractivity contribution in [2.75, 3.05) is 26.4 Å². The zero-order valence-electron chi connectivity index (χ0n) is 27.4. The summed E-state index contributed by atoms with van der Waals surface area (Å²) in [4.78, 5) is 23.5. The lowest BCUT2D eigenvalue weighted by Gasteiger charge is -2.49. The van der Waals surface area contributed by atoms with Crippen LogP contribution in [0.3, 0.4) is 0 Å². The van der Waals surface area contributed by atoms with E-state index in [4.69, 9.17) is 33.2 Å². The fraction of sp³-hybridized carbons (Fsp3) is 0.929. The second kappa shape index (κ2) is 18.0. The fourth-order valence-electron chi connectivity index (χ4n) is 6.25. The van der Waals surface area contributed by atoms with Gasteiger partial charge in [-0.3, -0.25) is 9.59 Å². The number of hydrogen-bond acceptors (Lipinski definition) is 21. The molecule has 0 aromatic heterocycles. The molecule has 4 aliphatic heterocycles. The maximum Gasteiger partial charge on any atom is 0.217 e. The number of amides is 2. The molecule has 0 bridgehead atoms. The summed E-state index contributed by atoms with van der Waals surface area (Å²) in [5.74, 6) is -1.33. The predicted octanol–water partition coefficient (Wildman–Crippen LogP) is -9.46. The van der Waals surface area contributed by atoms with Crippen molar-refractivity contribution in [3.63, 3.8) is 0 Å². The van der Waals surface area contributed by atoms with Crippen molar-refractivity contribution >= 4 is 11.8 Å². The second-order valence-corrected chi connectivity index (χ2v) is 12.7. The van der Waals surface area contributed by atoms with Crippen LogP contribution in [0.5, 0.6) is 0 Å². The third-order valence-electron chi connectivity index (χ3n) is 8.99. The zero-order chi connectivity index (χ0) is 37.9. The molecule has 4 rings (SSSR count). The van der Waals surface area contributed by atoms with Gasteiger partial charge in [-0.2, -0.15) is 0 Å². The molecule has 4 aliphatic rings. The van der Waals surface area contributed by atoms with Crippen LogP contribution >= 0.6 is 0 Å². The summed E-state index contributed by atoms with van der Waals surface area (Å²) >= 11 is 0. The molecule has 0 aromatic carbocycles. The number of ether oxygens (including phenoxy) is 7. The van der Waals surface area contributed by atoms with Crippen molar-refractivity contribution in [3.8, 4) is 0 Å². The molecule has 4 saturated heterocycles. The second-order valence-electron chi connectivity index (χ2n) is 12.7. The largest absolute Gasteiger partial charge is 0.394 e. The average Bonchev–Trinajstić information content (AvgIpc) is 3.08. The van der Waals surface area contributed by atoms with Crippen LogP contribution in [-0.2, 0) is 42.7 Å².